The van der Waals surface area contributed by atoms with Gasteiger partial charge in [0.2, 0.25) is 5.95 Å². The van der Waals surface area contributed by atoms with Crippen LogP contribution in [0.25, 0.3) is 28.1 Å². The van der Waals surface area contributed by atoms with Gasteiger partial charge in [0.25, 0.3) is 0 Å². The van der Waals surface area contributed by atoms with Crippen molar-refractivity contribution in [2.75, 3.05) is 45.2 Å². The highest BCUT2D eigenvalue weighted by Crippen LogP contribution is 2.26. The molecule has 4 heterocycles. The van der Waals surface area contributed by atoms with Gasteiger partial charge in [0.1, 0.15) is 11.3 Å². The molecule has 1 fully saturated rings. The molecule has 0 N–H and O–H groups in total. The van der Waals surface area contributed by atoms with Crippen molar-refractivity contribution in [3.05, 3.63) is 42.6 Å². The van der Waals surface area contributed by atoms with Gasteiger partial charge in [0.15, 0.2) is 11.3 Å². The zero-order chi connectivity index (χ0) is 23.7. The van der Waals surface area contributed by atoms with Gasteiger partial charge in [0, 0.05) is 25.2 Å². The fourth-order valence-corrected chi connectivity index (χ4v) is 4.41. The molecular formula is C25H31N7O2. The van der Waals surface area contributed by atoms with Crippen molar-refractivity contribution >= 4 is 22.8 Å². The zero-order valence-corrected chi connectivity index (χ0v) is 20.2. The number of anilines is 1. The maximum Gasteiger partial charge on any atom is 0.233 e. The van der Waals surface area contributed by atoms with E-state index < -0.39 is 0 Å². The molecule has 178 valence electrons. The molecule has 4 aromatic rings. The van der Waals surface area contributed by atoms with Crippen LogP contribution in [0.15, 0.2) is 42.6 Å². The second-order valence-electron chi connectivity index (χ2n) is 9.18. The molecule has 0 unspecified atom stereocenters. The summed E-state index contributed by atoms with van der Waals surface area (Å²) in [5.41, 5.74) is 4.10. The van der Waals surface area contributed by atoms with Gasteiger partial charge in [-0.05, 0) is 70.8 Å². The number of aromatic nitrogens is 5. The van der Waals surface area contributed by atoms with E-state index in [1.165, 1.54) is 0 Å². The maximum atomic E-state index is 5.90. The molecule has 9 nitrogen and oxygen atoms in total. The SMILES string of the molecule is C[C@@H]1CN(c2nnc3cnc4ccc(-c5ccc(OCCCN(C)C)cc5)nc4n23)C[C@H](C)O1. The summed E-state index contributed by atoms with van der Waals surface area (Å²) in [4.78, 5) is 13.9. The average molecular weight is 462 g/mol. The highest BCUT2D eigenvalue weighted by atomic mass is 16.5. The maximum absolute atomic E-state index is 5.90. The lowest BCUT2D eigenvalue weighted by molar-refractivity contribution is -0.00575. The van der Waals surface area contributed by atoms with Crippen LogP contribution >= 0.6 is 0 Å². The molecular weight excluding hydrogens is 430 g/mol. The molecule has 34 heavy (non-hydrogen) atoms. The van der Waals surface area contributed by atoms with Crippen molar-refractivity contribution in [2.24, 2.45) is 0 Å². The Morgan fingerprint density at radius 2 is 1.79 bits per heavy atom. The first-order valence-electron chi connectivity index (χ1n) is 11.8. The van der Waals surface area contributed by atoms with E-state index in [1.54, 1.807) is 6.20 Å². The molecule has 0 radical (unpaired) electrons. The van der Waals surface area contributed by atoms with Crippen LogP contribution in [0.2, 0.25) is 0 Å². The second kappa shape index (κ2) is 9.52. The number of rotatable bonds is 7. The van der Waals surface area contributed by atoms with Crippen LogP contribution in [0, 0.1) is 0 Å². The molecule has 1 aliphatic rings. The van der Waals surface area contributed by atoms with Crippen molar-refractivity contribution in [3.8, 4) is 17.0 Å². The van der Waals surface area contributed by atoms with Crippen LogP contribution < -0.4 is 9.64 Å². The Morgan fingerprint density at radius 3 is 2.53 bits per heavy atom. The fourth-order valence-electron chi connectivity index (χ4n) is 4.41. The van der Waals surface area contributed by atoms with Gasteiger partial charge < -0.3 is 19.3 Å². The van der Waals surface area contributed by atoms with E-state index in [9.17, 15) is 0 Å². The summed E-state index contributed by atoms with van der Waals surface area (Å²) in [6.45, 7) is 7.38. The summed E-state index contributed by atoms with van der Waals surface area (Å²) in [6.07, 6.45) is 2.98. The van der Waals surface area contributed by atoms with E-state index in [1.807, 2.05) is 40.8 Å². The molecule has 9 heteroatoms. The number of morpholine rings is 1. The first kappa shape index (κ1) is 22.5. The monoisotopic (exact) mass is 461 g/mol. The first-order valence-corrected chi connectivity index (χ1v) is 11.8. The summed E-state index contributed by atoms with van der Waals surface area (Å²) in [5.74, 6) is 1.64. The molecule has 3 aromatic heterocycles. The molecule has 0 spiro atoms. The lowest BCUT2D eigenvalue weighted by atomic mass is 10.1. The lowest BCUT2D eigenvalue weighted by Crippen LogP contribution is -2.46. The number of pyridine rings is 1. The number of nitrogens with zero attached hydrogens (tertiary/aromatic N) is 7. The summed E-state index contributed by atoms with van der Waals surface area (Å²) in [5, 5.41) is 8.85. The Labute approximate surface area is 199 Å². The second-order valence-corrected chi connectivity index (χ2v) is 9.18. The molecule has 0 saturated carbocycles. The lowest BCUT2D eigenvalue weighted by Gasteiger charge is -2.35. The predicted molar refractivity (Wildman–Crippen MR) is 132 cm³/mol. The Bertz CT molecular complexity index is 1260. The minimum absolute atomic E-state index is 0.122. The first-order chi connectivity index (χ1) is 16.5. The smallest absolute Gasteiger partial charge is 0.233 e. The van der Waals surface area contributed by atoms with Gasteiger partial charge in [-0.25, -0.2) is 14.4 Å². The average Bonchev–Trinajstić information content (AvgIpc) is 3.26. The number of hydrogen-bond acceptors (Lipinski definition) is 8. The minimum atomic E-state index is 0.122. The molecule has 1 aliphatic heterocycles. The van der Waals surface area contributed by atoms with Gasteiger partial charge in [0.05, 0.1) is 30.7 Å². The largest absolute Gasteiger partial charge is 0.494 e. The van der Waals surface area contributed by atoms with E-state index in [2.05, 4.69) is 52.9 Å². The van der Waals surface area contributed by atoms with E-state index in [0.29, 0.717) is 12.3 Å². The third-order valence-corrected chi connectivity index (χ3v) is 5.93. The molecule has 2 atom stereocenters. The van der Waals surface area contributed by atoms with Crippen LogP contribution in [0.3, 0.4) is 0 Å². The van der Waals surface area contributed by atoms with Gasteiger partial charge in [-0.3, -0.25) is 0 Å². The van der Waals surface area contributed by atoms with E-state index in [-0.39, 0.29) is 12.2 Å². The third-order valence-electron chi connectivity index (χ3n) is 5.93. The summed E-state index contributed by atoms with van der Waals surface area (Å²) >= 11 is 0. The Morgan fingerprint density at radius 1 is 1.03 bits per heavy atom. The quantitative estimate of drug-likeness (QED) is 0.388. The zero-order valence-electron chi connectivity index (χ0n) is 20.2. The van der Waals surface area contributed by atoms with E-state index in [0.717, 1.165) is 60.2 Å². The highest BCUT2D eigenvalue weighted by molar-refractivity contribution is 5.78. The highest BCUT2D eigenvalue weighted by Gasteiger charge is 2.26. The van der Waals surface area contributed by atoms with E-state index >= 15 is 0 Å². The molecule has 0 aliphatic carbocycles. The molecule has 1 aromatic carbocycles. The normalized spacial score (nSPS) is 18.8. The van der Waals surface area contributed by atoms with Crippen LogP contribution in [-0.2, 0) is 4.74 Å². The van der Waals surface area contributed by atoms with Crippen molar-refractivity contribution in [1.82, 2.24) is 29.5 Å². The third kappa shape index (κ3) is 4.67. The number of ether oxygens (including phenoxy) is 2. The van der Waals surface area contributed by atoms with Crippen LogP contribution in [-0.4, -0.2) is 82.0 Å². The Hall–Kier alpha value is -3.30. The van der Waals surface area contributed by atoms with Crippen molar-refractivity contribution in [3.63, 3.8) is 0 Å². The van der Waals surface area contributed by atoms with Crippen molar-refractivity contribution < 1.29 is 9.47 Å². The van der Waals surface area contributed by atoms with Gasteiger partial charge >= 0.3 is 0 Å². The van der Waals surface area contributed by atoms with Crippen LogP contribution in [0.5, 0.6) is 5.75 Å². The molecule has 0 amide bonds. The van der Waals surface area contributed by atoms with Gasteiger partial charge in [-0.15, -0.1) is 10.2 Å². The van der Waals surface area contributed by atoms with Crippen molar-refractivity contribution in [1.29, 1.82) is 0 Å². The number of fused-ring (bicyclic) bond motifs is 3. The van der Waals surface area contributed by atoms with E-state index in [4.69, 9.17) is 14.5 Å². The van der Waals surface area contributed by atoms with Crippen molar-refractivity contribution in [2.45, 2.75) is 32.5 Å². The topological polar surface area (TPSA) is 80.9 Å². The Kier molecular flexibility index (Phi) is 6.30. The standard InChI is InChI=1S/C25H31N7O2/c1-17-15-31(16-18(2)34-17)25-29-28-23-14-26-22-11-10-21(27-24(22)32(23)25)19-6-8-20(9-7-19)33-13-5-12-30(3)4/h6-11,14,17-18H,5,12-13,15-16H2,1-4H3/t17-,18+. The summed E-state index contributed by atoms with van der Waals surface area (Å²) in [6, 6.07) is 12.1. The van der Waals surface area contributed by atoms with Crippen LogP contribution in [0.4, 0.5) is 5.95 Å². The fraction of sp³-hybridized carbons (Fsp3) is 0.440. The molecule has 5 rings (SSSR count). The minimum Gasteiger partial charge on any atom is -0.494 e. The summed E-state index contributed by atoms with van der Waals surface area (Å²) in [7, 11) is 4.14. The summed E-state index contributed by atoms with van der Waals surface area (Å²) < 4.78 is 13.8. The Balaban J connectivity index is 1.44. The van der Waals surface area contributed by atoms with Crippen LogP contribution in [0.1, 0.15) is 20.3 Å². The predicted octanol–water partition coefficient (Wildman–Crippen LogP) is 3.28. The number of hydrogen-bond donors (Lipinski definition) is 0. The number of benzene rings is 1. The molecule has 1 saturated heterocycles. The molecule has 0 bridgehead atoms. The van der Waals surface area contributed by atoms with Gasteiger partial charge in [-0.1, -0.05) is 0 Å². The van der Waals surface area contributed by atoms with Gasteiger partial charge in [-0.2, -0.15) is 0 Å².